The van der Waals surface area contributed by atoms with Gasteiger partial charge in [0.05, 0.1) is 0 Å². The average molecular weight is 492 g/mol. The number of thiocarbonyl (C=S) groups is 1. The number of carbonyl (C=O) groups excluding carboxylic acids is 2. The molecule has 0 spiro atoms. The van der Waals surface area contributed by atoms with E-state index in [4.69, 9.17) is 23.8 Å². The summed E-state index contributed by atoms with van der Waals surface area (Å²) in [5, 5.41) is 9.10. The molecule has 34 heavy (non-hydrogen) atoms. The van der Waals surface area contributed by atoms with E-state index in [2.05, 4.69) is 36.7 Å². The number of hydrogen-bond acceptors (Lipinski definition) is 3. The number of rotatable bonds is 5. The van der Waals surface area contributed by atoms with Gasteiger partial charge in [0.1, 0.15) is 0 Å². The molecule has 0 saturated carbocycles. The molecule has 0 aliphatic heterocycles. The van der Waals surface area contributed by atoms with E-state index in [1.165, 1.54) is 6.08 Å². The molecule has 0 bridgehead atoms. The molecular weight excluding hydrogens is 466 g/mol. The summed E-state index contributed by atoms with van der Waals surface area (Å²) in [4.78, 5) is 24.8. The van der Waals surface area contributed by atoms with Crippen molar-refractivity contribution in [3.63, 3.8) is 0 Å². The van der Waals surface area contributed by atoms with E-state index in [0.29, 0.717) is 22.0 Å². The van der Waals surface area contributed by atoms with Crippen LogP contribution in [0.2, 0.25) is 5.02 Å². The molecule has 174 valence electrons. The van der Waals surface area contributed by atoms with Crippen LogP contribution in [0.5, 0.6) is 0 Å². The van der Waals surface area contributed by atoms with E-state index < -0.39 is 0 Å². The molecule has 0 saturated heterocycles. The van der Waals surface area contributed by atoms with E-state index in [1.807, 2.05) is 36.4 Å². The smallest absolute Gasteiger partial charge is 0.255 e. The molecule has 0 fully saturated rings. The van der Waals surface area contributed by atoms with Gasteiger partial charge in [-0.25, -0.2) is 0 Å². The number of benzene rings is 3. The van der Waals surface area contributed by atoms with Crippen molar-refractivity contribution in [3.8, 4) is 0 Å². The molecule has 0 aliphatic carbocycles. The zero-order valence-corrected chi connectivity index (χ0v) is 20.8. The first-order valence-electron chi connectivity index (χ1n) is 10.7. The van der Waals surface area contributed by atoms with E-state index in [9.17, 15) is 9.59 Å². The lowest BCUT2D eigenvalue weighted by Gasteiger charge is -2.19. The van der Waals surface area contributed by atoms with Crippen molar-refractivity contribution in [1.82, 2.24) is 5.32 Å². The Kier molecular flexibility index (Phi) is 8.21. The van der Waals surface area contributed by atoms with Gasteiger partial charge in [0, 0.05) is 28.0 Å². The van der Waals surface area contributed by atoms with Crippen LogP contribution in [0, 0.1) is 0 Å². The second kappa shape index (κ2) is 11.1. The van der Waals surface area contributed by atoms with Crippen LogP contribution in [0.3, 0.4) is 0 Å². The van der Waals surface area contributed by atoms with Gasteiger partial charge in [-0.05, 0) is 71.2 Å². The van der Waals surface area contributed by atoms with Crippen LogP contribution in [-0.4, -0.2) is 16.9 Å². The van der Waals surface area contributed by atoms with Crippen LogP contribution >= 0.6 is 23.8 Å². The van der Waals surface area contributed by atoms with Gasteiger partial charge in [0.15, 0.2) is 5.11 Å². The maximum atomic E-state index is 12.6. The number of nitrogens with one attached hydrogen (secondary N) is 3. The first-order valence-corrected chi connectivity index (χ1v) is 11.5. The van der Waals surface area contributed by atoms with Crippen LogP contribution in [-0.2, 0) is 10.2 Å². The van der Waals surface area contributed by atoms with Crippen molar-refractivity contribution < 1.29 is 9.59 Å². The number of amides is 2. The molecule has 0 unspecified atom stereocenters. The zero-order valence-electron chi connectivity index (χ0n) is 19.2. The highest BCUT2D eigenvalue weighted by Crippen LogP contribution is 2.23. The summed E-state index contributed by atoms with van der Waals surface area (Å²) in [6.45, 7) is 6.38. The Morgan fingerprint density at radius 1 is 0.882 bits per heavy atom. The van der Waals surface area contributed by atoms with Crippen molar-refractivity contribution >= 4 is 58.2 Å². The lowest BCUT2D eigenvalue weighted by atomic mass is 9.87. The van der Waals surface area contributed by atoms with Gasteiger partial charge in [0.2, 0.25) is 5.91 Å². The highest BCUT2D eigenvalue weighted by molar-refractivity contribution is 7.80. The predicted octanol–water partition coefficient (Wildman–Crippen LogP) is 6.42. The molecule has 3 N–H and O–H groups in total. The molecule has 0 aromatic heterocycles. The maximum Gasteiger partial charge on any atom is 0.255 e. The zero-order chi connectivity index (χ0) is 24.7. The third kappa shape index (κ3) is 7.27. The van der Waals surface area contributed by atoms with Crippen LogP contribution in [0.15, 0.2) is 78.9 Å². The molecule has 3 rings (SSSR count). The number of halogens is 1. The van der Waals surface area contributed by atoms with E-state index in [-0.39, 0.29) is 22.3 Å². The van der Waals surface area contributed by atoms with Gasteiger partial charge >= 0.3 is 0 Å². The third-order valence-electron chi connectivity index (χ3n) is 4.95. The minimum Gasteiger partial charge on any atom is -0.332 e. The fraction of sp³-hybridized carbons (Fsp3) is 0.148. The second-order valence-corrected chi connectivity index (χ2v) is 9.48. The highest BCUT2D eigenvalue weighted by atomic mass is 35.5. The van der Waals surface area contributed by atoms with E-state index >= 15 is 0 Å². The molecule has 0 heterocycles. The molecule has 5 nitrogen and oxygen atoms in total. The summed E-state index contributed by atoms with van der Waals surface area (Å²) in [6.07, 6.45) is 2.97. The van der Waals surface area contributed by atoms with Gasteiger partial charge in [-0.3, -0.25) is 14.9 Å². The number of hydrogen-bond donors (Lipinski definition) is 3. The largest absolute Gasteiger partial charge is 0.332 e. The van der Waals surface area contributed by atoms with E-state index in [0.717, 1.165) is 11.1 Å². The third-order valence-corrected chi connectivity index (χ3v) is 5.50. The SMILES string of the molecule is CC(C)(C)c1ccc(C(=O)Nc2cccc(NC(=S)NC(=O)/C=C/c3ccccc3Cl)c2)cc1. The van der Waals surface area contributed by atoms with Crippen LogP contribution < -0.4 is 16.0 Å². The van der Waals surface area contributed by atoms with Gasteiger partial charge in [0.25, 0.3) is 5.91 Å². The number of carbonyl (C=O) groups is 2. The lowest BCUT2D eigenvalue weighted by molar-refractivity contribution is -0.115. The summed E-state index contributed by atoms with van der Waals surface area (Å²) in [5.41, 5.74) is 3.71. The Balaban J connectivity index is 1.57. The molecule has 3 aromatic rings. The minimum atomic E-state index is -0.388. The first kappa shape index (κ1) is 25.1. The monoisotopic (exact) mass is 491 g/mol. The van der Waals surface area contributed by atoms with Crippen molar-refractivity contribution in [3.05, 3.63) is 101 Å². The average Bonchev–Trinajstić information content (AvgIpc) is 2.78. The summed E-state index contributed by atoms with van der Waals surface area (Å²) in [6, 6.07) is 21.9. The van der Waals surface area contributed by atoms with Gasteiger partial charge in [-0.15, -0.1) is 0 Å². The van der Waals surface area contributed by atoms with Crippen molar-refractivity contribution in [2.75, 3.05) is 10.6 Å². The molecule has 0 atom stereocenters. The summed E-state index contributed by atoms with van der Waals surface area (Å²) in [5.74, 6) is -0.598. The summed E-state index contributed by atoms with van der Waals surface area (Å²) >= 11 is 11.3. The summed E-state index contributed by atoms with van der Waals surface area (Å²) in [7, 11) is 0. The fourth-order valence-corrected chi connectivity index (χ4v) is 3.51. The molecular formula is C27H26ClN3O2S. The Labute approximate surface area is 210 Å². The standard InChI is InChI=1S/C27H26ClN3O2S/c1-27(2,3)20-14-11-19(12-15-20)25(33)29-21-8-6-9-22(17-21)30-26(34)31-24(32)16-13-18-7-4-5-10-23(18)28/h4-17H,1-3H3,(H,29,33)(H2,30,31,32,34)/b16-13+. The Morgan fingerprint density at radius 3 is 2.18 bits per heavy atom. The van der Waals surface area contributed by atoms with Crippen molar-refractivity contribution in [1.29, 1.82) is 0 Å². The minimum absolute atomic E-state index is 0.0211. The fourth-order valence-electron chi connectivity index (χ4n) is 3.09. The number of anilines is 2. The van der Waals surface area contributed by atoms with Crippen molar-refractivity contribution in [2.24, 2.45) is 0 Å². The summed E-state index contributed by atoms with van der Waals surface area (Å²) < 4.78 is 0. The van der Waals surface area contributed by atoms with E-state index in [1.54, 1.807) is 42.5 Å². The molecule has 2 amide bonds. The predicted molar refractivity (Wildman–Crippen MR) is 144 cm³/mol. The van der Waals surface area contributed by atoms with Crippen LogP contribution in [0.4, 0.5) is 11.4 Å². The molecule has 0 radical (unpaired) electrons. The van der Waals surface area contributed by atoms with Crippen LogP contribution in [0.1, 0.15) is 42.3 Å². The molecule has 0 aliphatic rings. The quantitative estimate of drug-likeness (QED) is 0.284. The first-order chi connectivity index (χ1) is 16.1. The molecule has 7 heteroatoms. The topological polar surface area (TPSA) is 70.2 Å². The Hall–Kier alpha value is -3.48. The van der Waals surface area contributed by atoms with Gasteiger partial charge < -0.3 is 10.6 Å². The van der Waals surface area contributed by atoms with Crippen molar-refractivity contribution in [2.45, 2.75) is 26.2 Å². The van der Waals surface area contributed by atoms with Gasteiger partial charge in [-0.1, -0.05) is 68.8 Å². The second-order valence-electron chi connectivity index (χ2n) is 8.66. The highest BCUT2D eigenvalue weighted by Gasteiger charge is 2.14. The lowest BCUT2D eigenvalue weighted by Crippen LogP contribution is -2.32. The normalized spacial score (nSPS) is 11.2. The Bertz CT molecular complexity index is 1230. The maximum absolute atomic E-state index is 12.6. The molecule has 3 aromatic carbocycles. The Morgan fingerprint density at radius 2 is 1.53 bits per heavy atom. The van der Waals surface area contributed by atoms with Crippen LogP contribution in [0.25, 0.3) is 6.08 Å². The van der Waals surface area contributed by atoms with Gasteiger partial charge in [-0.2, -0.15) is 0 Å².